The Hall–Kier alpha value is -5.91. The first kappa shape index (κ1) is 25.4. The summed E-state index contributed by atoms with van der Waals surface area (Å²) in [5.41, 5.74) is 4.68. The van der Waals surface area contributed by atoms with Gasteiger partial charge in [-0.1, -0.05) is 109 Å². The maximum Gasteiger partial charge on any atom is 0.165 e. The van der Waals surface area contributed by atoms with E-state index in [0.29, 0.717) is 17.5 Å². The molecule has 0 atom stereocenters. The van der Waals surface area contributed by atoms with Gasteiger partial charge in [0.05, 0.1) is 0 Å². The van der Waals surface area contributed by atoms with Gasteiger partial charge in [-0.25, -0.2) is 15.0 Å². The van der Waals surface area contributed by atoms with Crippen LogP contribution in [0.5, 0.6) is 0 Å². The molecule has 0 aliphatic carbocycles. The third kappa shape index (κ3) is 3.76. The van der Waals surface area contributed by atoms with E-state index in [9.17, 15) is 0 Å². The lowest BCUT2D eigenvalue weighted by molar-refractivity contribution is 0.673. The highest BCUT2D eigenvalue weighted by atomic mass is 32.1. The summed E-state index contributed by atoms with van der Waals surface area (Å²) in [5, 5.41) is 9.27. The summed E-state index contributed by atoms with van der Waals surface area (Å²) >= 11 is 1.78. The van der Waals surface area contributed by atoms with Crippen LogP contribution in [0.25, 0.3) is 97.8 Å². The van der Waals surface area contributed by atoms with Gasteiger partial charge in [-0.05, 0) is 46.5 Å². The van der Waals surface area contributed by atoms with Crippen molar-refractivity contribution in [2.24, 2.45) is 0 Å². The zero-order valence-corrected chi connectivity index (χ0v) is 25.3. The summed E-state index contributed by atoms with van der Waals surface area (Å²) in [5.74, 6) is 1.95. The molecular formula is C41H23N3OS. The Labute approximate surface area is 267 Å². The standard InChI is InChI=1S/C41H23N3OS/c1-2-11-24(12-3-1)39-42-40(44-41(43-39)32-18-10-17-30-27-14-7-9-20-35(27)46-38(30)32)25-21-22-29-33(23-25)26-13-4-5-15-28(26)36-31-16-6-8-19-34(31)45-37(29)36/h1-23H. The summed E-state index contributed by atoms with van der Waals surface area (Å²) in [6.45, 7) is 0. The molecule has 46 heavy (non-hydrogen) atoms. The Morgan fingerprint density at radius 2 is 1.11 bits per heavy atom. The van der Waals surface area contributed by atoms with Crippen molar-refractivity contribution >= 4 is 75.0 Å². The van der Waals surface area contributed by atoms with Gasteiger partial charge in [0.1, 0.15) is 11.2 Å². The Kier molecular flexibility index (Phi) is 5.41. The third-order valence-corrected chi connectivity index (χ3v) is 10.1. The molecule has 0 aliphatic rings. The molecule has 0 saturated heterocycles. The van der Waals surface area contributed by atoms with Crippen molar-refractivity contribution in [3.05, 3.63) is 140 Å². The smallest absolute Gasteiger partial charge is 0.165 e. The summed E-state index contributed by atoms with van der Waals surface area (Å²) in [6, 6.07) is 48.4. The number of thiophene rings is 1. The molecule has 10 aromatic rings. The van der Waals surface area contributed by atoms with Gasteiger partial charge in [-0.15, -0.1) is 11.3 Å². The van der Waals surface area contributed by atoms with E-state index in [-0.39, 0.29) is 0 Å². The number of aromatic nitrogens is 3. The van der Waals surface area contributed by atoms with Crippen LogP contribution in [0.15, 0.2) is 144 Å². The van der Waals surface area contributed by atoms with Crippen molar-refractivity contribution < 1.29 is 4.42 Å². The number of para-hydroxylation sites is 1. The lowest BCUT2D eigenvalue weighted by Crippen LogP contribution is -2.00. The molecule has 0 bridgehead atoms. The summed E-state index contributed by atoms with van der Waals surface area (Å²) in [4.78, 5) is 15.3. The maximum atomic E-state index is 6.50. The molecule has 10 rings (SSSR count). The van der Waals surface area contributed by atoms with Gasteiger partial charge in [0.2, 0.25) is 0 Å². The maximum absolute atomic E-state index is 6.50. The van der Waals surface area contributed by atoms with Crippen LogP contribution in [0.2, 0.25) is 0 Å². The van der Waals surface area contributed by atoms with E-state index in [1.807, 2.05) is 30.3 Å². The van der Waals surface area contributed by atoms with Crippen LogP contribution in [0, 0.1) is 0 Å². The number of benzene rings is 7. The molecule has 214 valence electrons. The fourth-order valence-corrected chi connectivity index (χ4v) is 8.02. The highest BCUT2D eigenvalue weighted by Crippen LogP contribution is 2.43. The van der Waals surface area contributed by atoms with E-state index >= 15 is 0 Å². The second kappa shape index (κ2) is 9.80. The van der Waals surface area contributed by atoms with Crippen LogP contribution in [-0.4, -0.2) is 15.0 Å². The summed E-state index contributed by atoms with van der Waals surface area (Å²) in [7, 11) is 0. The van der Waals surface area contributed by atoms with Crippen molar-refractivity contribution in [3.8, 4) is 34.2 Å². The van der Waals surface area contributed by atoms with Gasteiger partial charge in [0.15, 0.2) is 17.5 Å². The summed E-state index contributed by atoms with van der Waals surface area (Å²) in [6.07, 6.45) is 0. The Morgan fingerprint density at radius 3 is 1.98 bits per heavy atom. The fourth-order valence-electron chi connectivity index (χ4n) is 6.81. The molecule has 0 aliphatic heterocycles. The van der Waals surface area contributed by atoms with Crippen LogP contribution in [0.1, 0.15) is 0 Å². The monoisotopic (exact) mass is 605 g/mol. The summed E-state index contributed by atoms with van der Waals surface area (Å²) < 4.78 is 8.93. The van der Waals surface area contributed by atoms with Gasteiger partial charge in [0.25, 0.3) is 0 Å². The van der Waals surface area contributed by atoms with E-state index < -0.39 is 0 Å². The Bertz CT molecular complexity index is 2820. The topological polar surface area (TPSA) is 51.8 Å². The van der Waals surface area contributed by atoms with E-state index in [2.05, 4.69) is 109 Å². The molecule has 0 amide bonds. The SMILES string of the molecule is c1ccc(-c2nc(-c3ccc4c(c3)c3ccccc3c3c5ccccc5oc43)nc(-c3cccc4c3sc3ccccc34)n2)cc1. The highest BCUT2D eigenvalue weighted by molar-refractivity contribution is 7.26. The quantitative estimate of drug-likeness (QED) is 0.188. The highest BCUT2D eigenvalue weighted by Gasteiger charge is 2.19. The fraction of sp³-hybridized carbons (Fsp3) is 0. The molecule has 0 fully saturated rings. The number of nitrogens with zero attached hydrogens (tertiary/aromatic N) is 3. The van der Waals surface area contributed by atoms with Crippen LogP contribution in [-0.2, 0) is 0 Å². The van der Waals surface area contributed by atoms with Gasteiger partial charge in [-0.3, -0.25) is 0 Å². The van der Waals surface area contributed by atoms with E-state index in [4.69, 9.17) is 19.4 Å². The van der Waals surface area contributed by atoms with E-state index in [0.717, 1.165) is 49.4 Å². The van der Waals surface area contributed by atoms with Crippen LogP contribution >= 0.6 is 11.3 Å². The minimum absolute atomic E-state index is 0.637. The number of hydrogen-bond donors (Lipinski definition) is 0. The molecule has 7 aromatic carbocycles. The molecule has 0 unspecified atom stereocenters. The van der Waals surface area contributed by atoms with Crippen molar-refractivity contribution in [1.82, 2.24) is 15.0 Å². The molecule has 4 nitrogen and oxygen atoms in total. The second-order valence-corrected chi connectivity index (χ2v) is 12.6. The molecule has 5 heteroatoms. The molecule has 0 saturated carbocycles. The van der Waals surface area contributed by atoms with Gasteiger partial charge in [-0.2, -0.15) is 0 Å². The number of furan rings is 1. The number of hydrogen-bond acceptors (Lipinski definition) is 5. The lowest BCUT2D eigenvalue weighted by Gasteiger charge is -2.11. The first-order valence-corrected chi connectivity index (χ1v) is 16.1. The average molecular weight is 606 g/mol. The van der Waals surface area contributed by atoms with Gasteiger partial charge in [0, 0.05) is 53.0 Å². The largest absolute Gasteiger partial charge is 0.455 e. The van der Waals surface area contributed by atoms with Crippen molar-refractivity contribution in [1.29, 1.82) is 0 Å². The molecular weight excluding hydrogens is 583 g/mol. The predicted molar refractivity (Wildman–Crippen MR) is 191 cm³/mol. The van der Waals surface area contributed by atoms with E-state index in [1.54, 1.807) is 11.3 Å². The van der Waals surface area contributed by atoms with Crippen LogP contribution < -0.4 is 0 Å². The van der Waals surface area contributed by atoms with Crippen molar-refractivity contribution in [3.63, 3.8) is 0 Å². The van der Waals surface area contributed by atoms with E-state index in [1.165, 1.54) is 30.9 Å². The first-order valence-electron chi connectivity index (χ1n) is 15.3. The minimum atomic E-state index is 0.637. The molecule has 0 N–H and O–H groups in total. The first-order chi connectivity index (χ1) is 22.8. The lowest BCUT2D eigenvalue weighted by atomic mass is 9.95. The normalized spacial score (nSPS) is 11.9. The van der Waals surface area contributed by atoms with Crippen LogP contribution in [0.4, 0.5) is 0 Å². The number of fused-ring (bicyclic) bond motifs is 11. The number of rotatable bonds is 3. The van der Waals surface area contributed by atoms with Crippen LogP contribution in [0.3, 0.4) is 0 Å². The Balaban J connectivity index is 1.25. The van der Waals surface area contributed by atoms with Gasteiger partial charge < -0.3 is 4.42 Å². The molecule has 0 spiro atoms. The molecule has 3 aromatic heterocycles. The van der Waals surface area contributed by atoms with Crippen molar-refractivity contribution in [2.75, 3.05) is 0 Å². The Morgan fingerprint density at radius 1 is 0.435 bits per heavy atom. The predicted octanol–water partition coefficient (Wildman–Crippen LogP) is 11.4. The van der Waals surface area contributed by atoms with Gasteiger partial charge >= 0.3 is 0 Å². The van der Waals surface area contributed by atoms with Crippen molar-refractivity contribution in [2.45, 2.75) is 0 Å². The zero-order valence-electron chi connectivity index (χ0n) is 24.4. The third-order valence-electron chi connectivity index (χ3n) is 8.92. The molecule has 0 radical (unpaired) electrons. The molecule has 3 heterocycles. The zero-order chi connectivity index (χ0) is 30.2. The minimum Gasteiger partial charge on any atom is -0.455 e. The average Bonchev–Trinajstić information content (AvgIpc) is 3.71. The second-order valence-electron chi connectivity index (χ2n) is 11.6.